The number of hydrogen-bond donors (Lipinski definition) is 1. The van der Waals surface area contributed by atoms with Gasteiger partial charge in [-0.15, -0.1) is 22.6 Å². The van der Waals surface area contributed by atoms with Crippen LogP contribution in [0.3, 0.4) is 0 Å². The Morgan fingerprint density at radius 1 is 1.33 bits per heavy atom. The number of aromatic nitrogens is 3. The van der Waals surface area contributed by atoms with E-state index in [-0.39, 0.29) is 18.3 Å². The van der Waals surface area contributed by atoms with E-state index in [0.29, 0.717) is 11.7 Å². The van der Waals surface area contributed by atoms with Crippen LogP contribution in [0, 0.1) is 0 Å². The number of amides is 1. The zero-order valence-electron chi connectivity index (χ0n) is 15.8. The van der Waals surface area contributed by atoms with Crippen LogP contribution in [0.4, 0.5) is 0 Å². The summed E-state index contributed by atoms with van der Waals surface area (Å²) in [5.74, 6) is 2.49. The minimum absolute atomic E-state index is 0. The summed E-state index contributed by atoms with van der Waals surface area (Å²) in [5, 5.41) is 13.0. The van der Waals surface area contributed by atoms with Crippen LogP contribution in [0.2, 0.25) is 0 Å². The second-order valence-electron chi connectivity index (χ2n) is 6.48. The lowest BCUT2D eigenvalue weighted by Crippen LogP contribution is -2.28. The third kappa shape index (κ3) is 5.15. The first-order chi connectivity index (χ1) is 12.6. The molecule has 2 aromatic rings. The molecule has 0 bridgehead atoms. The summed E-state index contributed by atoms with van der Waals surface area (Å²) in [6.45, 7) is 1.97. The van der Waals surface area contributed by atoms with E-state index >= 15 is 0 Å². The van der Waals surface area contributed by atoms with Gasteiger partial charge in [-0.25, -0.2) is 0 Å². The average molecular weight is 412 g/mol. The molecule has 0 atom stereocenters. The van der Waals surface area contributed by atoms with E-state index in [0.717, 1.165) is 48.3 Å². The van der Waals surface area contributed by atoms with Gasteiger partial charge in [0.05, 0.1) is 18.6 Å². The van der Waals surface area contributed by atoms with Crippen LogP contribution in [-0.4, -0.2) is 65.6 Å². The number of carbonyl (C=O) groups excluding carboxylic acids is 1. The highest BCUT2D eigenvalue weighted by Crippen LogP contribution is 2.31. The molecule has 1 aromatic carbocycles. The van der Waals surface area contributed by atoms with E-state index in [1.807, 2.05) is 24.3 Å². The van der Waals surface area contributed by atoms with Crippen molar-refractivity contribution in [2.75, 3.05) is 40.0 Å². The number of nitrogens with zero attached hydrogens (tertiary/aromatic N) is 4. The fraction of sp³-hybridized carbons (Fsp3) is 0.500. The molecule has 1 N–H and O–H groups in total. The molecule has 0 unspecified atom stereocenters. The predicted octanol–water partition coefficient (Wildman–Crippen LogP) is 2.35. The fourth-order valence-electron chi connectivity index (χ4n) is 2.97. The standard InChI is InChI=1S/C18H25N5O2S.ClH/c1-22(2)16(24)12-26-18-21-20-17(13-7-9-19-10-8-13)23(18)14-5-4-6-15(11-14)25-3;/h4-6,11,13,19H,7-10,12H2,1-3H3;1H. The number of thioether (sulfide) groups is 1. The summed E-state index contributed by atoms with van der Waals surface area (Å²) in [7, 11) is 5.18. The van der Waals surface area contributed by atoms with Crippen molar-refractivity contribution < 1.29 is 9.53 Å². The van der Waals surface area contributed by atoms with Gasteiger partial charge >= 0.3 is 0 Å². The monoisotopic (exact) mass is 411 g/mol. The van der Waals surface area contributed by atoms with E-state index in [1.165, 1.54) is 11.8 Å². The van der Waals surface area contributed by atoms with E-state index in [9.17, 15) is 4.79 Å². The maximum atomic E-state index is 12.0. The molecule has 1 aromatic heterocycles. The summed E-state index contributed by atoms with van der Waals surface area (Å²) < 4.78 is 7.45. The van der Waals surface area contributed by atoms with Crippen LogP contribution in [0.1, 0.15) is 24.6 Å². The van der Waals surface area contributed by atoms with Gasteiger partial charge in [-0.05, 0) is 38.1 Å². The largest absolute Gasteiger partial charge is 0.497 e. The smallest absolute Gasteiger partial charge is 0.232 e. The van der Waals surface area contributed by atoms with Crippen molar-refractivity contribution in [1.29, 1.82) is 0 Å². The number of hydrogen-bond acceptors (Lipinski definition) is 6. The molecule has 3 rings (SSSR count). The first-order valence-corrected chi connectivity index (χ1v) is 9.72. The number of carbonyl (C=O) groups is 1. The van der Waals surface area contributed by atoms with E-state index in [4.69, 9.17) is 4.74 Å². The van der Waals surface area contributed by atoms with Crippen LogP contribution in [0.15, 0.2) is 29.4 Å². The number of methoxy groups -OCH3 is 1. The van der Waals surface area contributed by atoms with Crippen LogP contribution >= 0.6 is 24.2 Å². The zero-order chi connectivity index (χ0) is 18.5. The molecule has 0 spiro atoms. The summed E-state index contributed by atoms with van der Waals surface area (Å²) in [4.78, 5) is 13.6. The Bertz CT molecular complexity index is 762. The van der Waals surface area contributed by atoms with Gasteiger partial charge in [-0.3, -0.25) is 9.36 Å². The highest BCUT2D eigenvalue weighted by molar-refractivity contribution is 7.99. The molecule has 27 heavy (non-hydrogen) atoms. The maximum absolute atomic E-state index is 12.0. The van der Waals surface area contributed by atoms with Crippen molar-refractivity contribution >= 4 is 30.1 Å². The first kappa shape index (κ1) is 21.5. The van der Waals surface area contributed by atoms with Crippen LogP contribution in [-0.2, 0) is 4.79 Å². The van der Waals surface area contributed by atoms with Crippen molar-refractivity contribution in [3.8, 4) is 11.4 Å². The highest BCUT2D eigenvalue weighted by Gasteiger charge is 2.25. The SMILES string of the molecule is COc1cccc(-n2c(SCC(=O)N(C)C)nnc2C2CCNCC2)c1.Cl. The van der Waals surface area contributed by atoms with E-state index in [2.05, 4.69) is 20.1 Å². The molecule has 0 radical (unpaired) electrons. The predicted molar refractivity (Wildman–Crippen MR) is 109 cm³/mol. The van der Waals surface area contributed by atoms with Gasteiger partial charge in [0.15, 0.2) is 5.16 Å². The minimum Gasteiger partial charge on any atom is -0.497 e. The normalized spacial score (nSPS) is 14.5. The van der Waals surface area contributed by atoms with Crippen molar-refractivity contribution in [1.82, 2.24) is 25.0 Å². The quantitative estimate of drug-likeness (QED) is 0.735. The molecule has 148 valence electrons. The van der Waals surface area contributed by atoms with Crippen molar-refractivity contribution in [3.05, 3.63) is 30.1 Å². The number of benzene rings is 1. The molecule has 1 fully saturated rings. The lowest BCUT2D eigenvalue weighted by Gasteiger charge is -2.23. The third-order valence-corrected chi connectivity index (χ3v) is 5.41. The van der Waals surface area contributed by atoms with Gasteiger partial charge < -0.3 is 15.0 Å². The summed E-state index contributed by atoms with van der Waals surface area (Å²) in [5.41, 5.74) is 0.961. The summed E-state index contributed by atoms with van der Waals surface area (Å²) in [6.07, 6.45) is 2.06. The molecule has 1 amide bonds. The number of nitrogens with one attached hydrogen (secondary N) is 1. The molecule has 1 saturated heterocycles. The van der Waals surface area contributed by atoms with Gasteiger partial charge in [-0.1, -0.05) is 17.8 Å². The fourth-order valence-corrected chi connectivity index (χ4v) is 3.90. The second kappa shape index (κ2) is 9.96. The van der Waals surface area contributed by atoms with Crippen molar-refractivity contribution in [3.63, 3.8) is 0 Å². The molecular formula is C18H26ClN5O2S. The van der Waals surface area contributed by atoms with Gasteiger partial charge in [-0.2, -0.15) is 0 Å². The molecular weight excluding hydrogens is 386 g/mol. The maximum Gasteiger partial charge on any atom is 0.232 e. The lowest BCUT2D eigenvalue weighted by molar-refractivity contribution is -0.125. The van der Waals surface area contributed by atoms with Crippen LogP contribution < -0.4 is 10.1 Å². The molecule has 2 heterocycles. The molecule has 0 aliphatic carbocycles. The number of ether oxygens (including phenoxy) is 1. The summed E-state index contributed by atoms with van der Waals surface area (Å²) in [6, 6.07) is 7.88. The van der Waals surface area contributed by atoms with E-state index in [1.54, 1.807) is 26.1 Å². The van der Waals surface area contributed by atoms with Gasteiger partial charge in [0, 0.05) is 26.1 Å². The lowest BCUT2D eigenvalue weighted by atomic mass is 9.97. The summed E-state index contributed by atoms with van der Waals surface area (Å²) >= 11 is 1.42. The second-order valence-corrected chi connectivity index (χ2v) is 7.42. The number of halogens is 1. The Hall–Kier alpha value is -1.77. The molecule has 0 saturated carbocycles. The molecule has 9 heteroatoms. The Morgan fingerprint density at radius 2 is 2.07 bits per heavy atom. The van der Waals surface area contributed by atoms with Crippen molar-refractivity contribution in [2.24, 2.45) is 0 Å². The molecule has 1 aliphatic rings. The number of piperidine rings is 1. The Morgan fingerprint density at radius 3 is 2.74 bits per heavy atom. The Labute approximate surface area is 170 Å². The van der Waals surface area contributed by atoms with E-state index < -0.39 is 0 Å². The van der Waals surface area contributed by atoms with Crippen LogP contribution in [0.25, 0.3) is 5.69 Å². The highest BCUT2D eigenvalue weighted by atomic mass is 35.5. The first-order valence-electron chi connectivity index (χ1n) is 8.73. The van der Waals surface area contributed by atoms with Gasteiger partial charge in [0.1, 0.15) is 11.6 Å². The van der Waals surface area contributed by atoms with Gasteiger partial charge in [0.25, 0.3) is 0 Å². The zero-order valence-corrected chi connectivity index (χ0v) is 17.5. The Kier molecular flexibility index (Phi) is 7.94. The molecule has 1 aliphatic heterocycles. The average Bonchev–Trinajstić information content (AvgIpc) is 3.10. The van der Waals surface area contributed by atoms with Crippen LogP contribution in [0.5, 0.6) is 5.75 Å². The molecule has 7 nitrogen and oxygen atoms in total. The van der Waals surface area contributed by atoms with Gasteiger partial charge in [0.2, 0.25) is 5.91 Å². The van der Waals surface area contributed by atoms with Crippen molar-refractivity contribution in [2.45, 2.75) is 23.9 Å². The Balaban J connectivity index is 0.00000261. The topological polar surface area (TPSA) is 72.3 Å². The number of rotatable bonds is 6. The minimum atomic E-state index is 0. The third-order valence-electron chi connectivity index (χ3n) is 4.50.